The highest BCUT2D eigenvalue weighted by molar-refractivity contribution is 7.99. The van der Waals surface area contributed by atoms with Crippen molar-refractivity contribution in [3.63, 3.8) is 0 Å². The number of thioether (sulfide) groups is 1. The van der Waals surface area contributed by atoms with E-state index in [9.17, 15) is 4.79 Å². The molecule has 5 nitrogen and oxygen atoms in total. The fraction of sp³-hybridized carbons (Fsp3) is 0.750. The van der Waals surface area contributed by atoms with E-state index in [2.05, 4.69) is 22.7 Å². The third-order valence-electron chi connectivity index (χ3n) is 4.23. The molecule has 1 aromatic heterocycles. The predicted octanol–water partition coefficient (Wildman–Crippen LogP) is 3.72. The lowest BCUT2D eigenvalue weighted by atomic mass is 9.95. The molecule has 1 saturated carbocycles. The molecule has 3 atom stereocenters. The lowest BCUT2D eigenvalue weighted by molar-refractivity contribution is 0.230. The Morgan fingerprint density at radius 2 is 2.23 bits per heavy atom. The fourth-order valence-electron chi connectivity index (χ4n) is 3.27. The maximum atomic E-state index is 12.2. The van der Waals surface area contributed by atoms with E-state index in [4.69, 9.17) is 4.52 Å². The number of rotatable bonds is 5. The molecule has 1 aromatic rings. The zero-order valence-electron chi connectivity index (χ0n) is 13.9. The van der Waals surface area contributed by atoms with E-state index >= 15 is 0 Å². The van der Waals surface area contributed by atoms with Gasteiger partial charge < -0.3 is 15.2 Å². The molecule has 0 saturated heterocycles. The molecule has 1 fully saturated rings. The van der Waals surface area contributed by atoms with E-state index in [0.29, 0.717) is 5.25 Å². The summed E-state index contributed by atoms with van der Waals surface area (Å²) in [5.74, 6) is 1.91. The van der Waals surface area contributed by atoms with Gasteiger partial charge in [-0.2, -0.15) is 11.8 Å². The van der Waals surface area contributed by atoms with Crippen molar-refractivity contribution in [3.05, 3.63) is 17.0 Å². The summed E-state index contributed by atoms with van der Waals surface area (Å²) in [6.07, 6.45) is 4.62. The average Bonchev–Trinajstić information content (AvgIpc) is 2.78. The van der Waals surface area contributed by atoms with Crippen molar-refractivity contribution < 1.29 is 9.32 Å². The average molecular weight is 325 g/mol. The van der Waals surface area contributed by atoms with Crippen molar-refractivity contribution in [1.82, 2.24) is 15.8 Å². The summed E-state index contributed by atoms with van der Waals surface area (Å²) in [7, 11) is 0. The van der Waals surface area contributed by atoms with Crippen LogP contribution in [0.1, 0.15) is 62.6 Å². The Bertz CT molecular complexity index is 482. The van der Waals surface area contributed by atoms with Crippen molar-refractivity contribution in [1.29, 1.82) is 0 Å². The highest BCUT2D eigenvalue weighted by Gasteiger charge is 2.24. The number of nitrogens with zero attached hydrogens (tertiary/aromatic N) is 1. The highest BCUT2D eigenvalue weighted by Crippen LogP contribution is 2.28. The van der Waals surface area contributed by atoms with Crippen LogP contribution in [0.5, 0.6) is 0 Å². The van der Waals surface area contributed by atoms with Gasteiger partial charge in [0.1, 0.15) is 5.76 Å². The summed E-state index contributed by atoms with van der Waals surface area (Å²) in [5, 5.41) is 10.8. The van der Waals surface area contributed by atoms with Crippen molar-refractivity contribution in [2.45, 2.75) is 70.7 Å². The monoisotopic (exact) mass is 325 g/mol. The number of aromatic nitrogens is 1. The third-order valence-corrected chi connectivity index (χ3v) is 5.47. The first-order chi connectivity index (χ1) is 10.5. The molecule has 2 amide bonds. The van der Waals surface area contributed by atoms with Crippen LogP contribution in [0, 0.1) is 13.8 Å². The molecule has 2 rings (SSSR count). The van der Waals surface area contributed by atoms with E-state index < -0.39 is 0 Å². The van der Waals surface area contributed by atoms with Crippen LogP contribution in [0.3, 0.4) is 0 Å². The number of amides is 2. The highest BCUT2D eigenvalue weighted by atomic mass is 32.2. The van der Waals surface area contributed by atoms with Gasteiger partial charge in [0.2, 0.25) is 0 Å². The minimum atomic E-state index is -0.101. The Morgan fingerprint density at radius 1 is 1.45 bits per heavy atom. The molecular formula is C16H27N3O2S. The first-order valence-corrected chi connectivity index (χ1v) is 9.17. The van der Waals surface area contributed by atoms with Crippen LogP contribution in [-0.4, -0.2) is 28.2 Å². The number of carbonyl (C=O) groups is 1. The van der Waals surface area contributed by atoms with Gasteiger partial charge in [0, 0.05) is 16.9 Å². The maximum Gasteiger partial charge on any atom is 0.315 e. The van der Waals surface area contributed by atoms with E-state index in [1.54, 1.807) is 0 Å². The van der Waals surface area contributed by atoms with Gasteiger partial charge in [-0.15, -0.1) is 0 Å². The van der Waals surface area contributed by atoms with Gasteiger partial charge in [0.25, 0.3) is 0 Å². The van der Waals surface area contributed by atoms with Gasteiger partial charge in [-0.25, -0.2) is 4.79 Å². The molecule has 0 aromatic carbocycles. The van der Waals surface area contributed by atoms with Crippen LogP contribution in [0.4, 0.5) is 4.79 Å². The summed E-state index contributed by atoms with van der Waals surface area (Å²) in [4.78, 5) is 12.2. The van der Waals surface area contributed by atoms with E-state index in [-0.39, 0.29) is 18.1 Å². The molecule has 0 radical (unpaired) electrons. The number of aryl methyl sites for hydroxylation is 2. The quantitative estimate of drug-likeness (QED) is 0.866. The van der Waals surface area contributed by atoms with Crippen LogP contribution in [0.15, 0.2) is 4.52 Å². The van der Waals surface area contributed by atoms with Gasteiger partial charge >= 0.3 is 6.03 Å². The predicted molar refractivity (Wildman–Crippen MR) is 90.2 cm³/mol. The zero-order chi connectivity index (χ0) is 16.1. The smallest absolute Gasteiger partial charge is 0.315 e. The van der Waals surface area contributed by atoms with Gasteiger partial charge in [-0.05, 0) is 45.8 Å². The molecule has 0 spiro atoms. The van der Waals surface area contributed by atoms with Crippen LogP contribution in [-0.2, 0) is 0 Å². The SMILES string of the molecule is CCS[C@@H]1CCC[C@@H](NC(=O)N[C@H](C)c2c(C)noc2C)C1. The Kier molecular flexibility index (Phi) is 6.17. The van der Waals surface area contributed by atoms with Crippen molar-refractivity contribution in [3.8, 4) is 0 Å². The minimum Gasteiger partial charge on any atom is -0.361 e. The lowest BCUT2D eigenvalue weighted by Gasteiger charge is -2.29. The number of hydrogen-bond acceptors (Lipinski definition) is 4. The van der Waals surface area contributed by atoms with Crippen LogP contribution in [0.25, 0.3) is 0 Å². The number of carbonyl (C=O) groups excluding carboxylic acids is 1. The molecule has 1 heterocycles. The third kappa shape index (κ3) is 4.41. The van der Waals surface area contributed by atoms with Crippen molar-refractivity contribution in [2.75, 3.05) is 5.75 Å². The van der Waals surface area contributed by atoms with Crippen LogP contribution >= 0.6 is 11.8 Å². The Morgan fingerprint density at radius 3 is 2.86 bits per heavy atom. The molecule has 22 heavy (non-hydrogen) atoms. The first-order valence-electron chi connectivity index (χ1n) is 8.12. The van der Waals surface area contributed by atoms with Gasteiger partial charge in [-0.1, -0.05) is 18.5 Å². The molecule has 1 aliphatic rings. The van der Waals surface area contributed by atoms with Gasteiger partial charge in [-0.3, -0.25) is 0 Å². The van der Waals surface area contributed by atoms with Crippen LogP contribution < -0.4 is 10.6 Å². The zero-order valence-corrected chi connectivity index (χ0v) is 14.8. The summed E-state index contributed by atoms with van der Waals surface area (Å²) >= 11 is 2.01. The second-order valence-corrected chi connectivity index (χ2v) is 7.60. The topological polar surface area (TPSA) is 67.2 Å². The van der Waals surface area contributed by atoms with Crippen molar-refractivity contribution in [2.24, 2.45) is 0 Å². The Hall–Kier alpha value is -1.17. The normalized spacial score (nSPS) is 23.1. The number of nitrogens with one attached hydrogen (secondary N) is 2. The second kappa shape index (κ2) is 7.90. The van der Waals surface area contributed by atoms with E-state index in [1.165, 1.54) is 12.8 Å². The summed E-state index contributed by atoms with van der Waals surface area (Å²) in [6.45, 7) is 7.93. The summed E-state index contributed by atoms with van der Waals surface area (Å²) in [5.41, 5.74) is 1.81. The minimum absolute atomic E-state index is 0.0975. The van der Waals surface area contributed by atoms with E-state index in [1.807, 2.05) is 32.5 Å². The molecule has 0 aliphatic heterocycles. The number of hydrogen-bond donors (Lipinski definition) is 2. The van der Waals surface area contributed by atoms with E-state index in [0.717, 1.165) is 35.6 Å². The standard InChI is InChI=1S/C16H27N3O2S/c1-5-22-14-8-6-7-13(9-14)18-16(20)17-10(2)15-11(3)19-21-12(15)4/h10,13-14H,5-9H2,1-4H3,(H2,17,18,20)/t10-,13-,14-/m1/s1. The molecule has 124 valence electrons. The maximum absolute atomic E-state index is 12.2. The molecule has 2 N–H and O–H groups in total. The molecule has 0 unspecified atom stereocenters. The Balaban J connectivity index is 1.85. The fourth-order valence-corrected chi connectivity index (χ4v) is 4.44. The molecule has 0 bridgehead atoms. The number of urea groups is 1. The lowest BCUT2D eigenvalue weighted by Crippen LogP contribution is -2.45. The first kappa shape index (κ1) is 17.2. The van der Waals surface area contributed by atoms with Gasteiger partial charge in [0.15, 0.2) is 0 Å². The van der Waals surface area contributed by atoms with Gasteiger partial charge in [0.05, 0.1) is 11.7 Å². The molecule has 1 aliphatic carbocycles. The largest absolute Gasteiger partial charge is 0.361 e. The van der Waals surface area contributed by atoms with Crippen molar-refractivity contribution >= 4 is 17.8 Å². The summed E-state index contributed by atoms with van der Waals surface area (Å²) in [6, 6.07) is 0.0879. The Labute approximate surface area is 137 Å². The second-order valence-electron chi connectivity index (χ2n) is 6.02. The molecule has 6 heteroatoms. The van der Waals surface area contributed by atoms with Crippen LogP contribution in [0.2, 0.25) is 0 Å². The summed E-state index contributed by atoms with van der Waals surface area (Å²) < 4.78 is 5.16. The molecular weight excluding hydrogens is 298 g/mol.